The maximum Gasteiger partial charge on any atom is 0.316 e. The van der Waals surface area contributed by atoms with Gasteiger partial charge in [0.2, 0.25) is 0 Å². The number of hydrogen-bond acceptors (Lipinski definition) is 4. The molecule has 0 amide bonds. The number of esters is 1. The van der Waals surface area contributed by atoms with Crippen LogP contribution < -0.4 is 4.74 Å². The van der Waals surface area contributed by atoms with Crippen LogP contribution in [0.25, 0.3) is 0 Å². The normalized spacial score (nSPS) is 11.7. The first kappa shape index (κ1) is 14.2. The number of rotatable bonds is 6. The van der Waals surface area contributed by atoms with Gasteiger partial charge in [0.1, 0.15) is 11.7 Å². The molecule has 1 atom stereocenters. The van der Waals surface area contributed by atoms with Crippen molar-refractivity contribution in [1.29, 1.82) is 0 Å². The molecule has 0 N–H and O–H groups in total. The van der Waals surface area contributed by atoms with Gasteiger partial charge >= 0.3 is 5.97 Å². The van der Waals surface area contributed by atoms with E-state index in [0.29, 0.717) is 17.7 Å². The van der Waals surface area contributed by atoms with Gasteiger partial charge in [0.05, 0.1) is 13.7 Å². The number of Topliss-reactive ketones (excluding diaryl/α,β-unsaturated/α-hetero) is 1. The number of carbonyl (C=O) groups excluding carboxylic acids is 2. The summed E-state index contributed by atoms with van der Waals surface area (Å²) in [5.74, 6) is -0.834. The van der Waals surface area contributed by atoms with Crippen molar-refractivity contribution in [3.63, 3.8) is 0 Å². The molecule has 98 valence electrons. The predicted molar refractivity (Wildman–Crippen MR) is 67.7 cm³/mol. The van der Waals surface area contributed by atoms with Crippen molar-refractivity contribution >= 4 is 11.8 Å². The van der Waals surface area contributed by atoms with Crippen LogP contribution in [0.4, 0.5) is 0 Å². The molecule has 0 fully saturated rings. The van der Waals surface area contributed by atoms with Gasteiger partial charge < -0.3 is 9.47 Å². The van der Waals surface area contributed by atoms with Crippen LogP contribution in [-0.2, 0) is 9.53 Å². The molecule has 0 radical (unpaired) electrons. The Kier molecular flexibility index (Phi) is 5.36. The third kappa shape index (κ3) is 3.32. The molecule has 0 unspecified atom stereocenters. The number of carbonyl (C=O) groups is 2. The van der Waals surface area contributed by atoms with Gasteiger partial charge in [0, 0.05) is 5.56 Å². The number of ketones is 1. The van der Waals surface area contributed by atoms with Crippen LogP contribution in [0, 0.1) is 5.92 Å². The summed E-state index contributed by atoms with van der Waals surface area (Å²) in [6, 6.07) is 6.78. The molecule has 0 aliphatic carbocycles. The van der Waals surface area contributed by atoms with Crippen molar-refractivity contribution < 1.29 is 19.1 Å². The monoisotopic (exact) mass is 250 g/mol. The number of methoxy groups -OCH3 is 1. The first-order valence-electron chi connectivity index (χ1n) is 5.98. The van der Waals surface area contributed by atoms with Crippen molar-refractivity contribution in [2.24, 2.45) is 5.92 Å². The first-order valence-corrected chi connectivity index (χ1v) is 5.98. The van der Waals surface area contributed by atoms with Crippen LogP contribution in [0.2, 0.25) is 0 Å². The Morgan fingerprint density at radius 3 is 2.56 bits per heavy atom. The molecule has 4 heteroatoms. The molecule has 18 heavy (non-hydrogen) atoms. The van der Waals surface area contributed by atoms with Gasteiger partial charge in [-0.1, -0.05) is 19.1 Å². The SMILES string of the molecule is CCOC(=O)[C@H](CC)C(=O)c1cccc(OC)c1. The van der Waals surface area contributed by atoms with Gasteiger partial charge in [-0.3, -0.25) is 9.59 Å². The van der Waals surface area contributed by atoms with Crippen LogP contribution in [-0.4, -0.2) is 25.5 Å². The van der Waals surface area contributed by atoms with Crippen LogP contribution in [0.3, 0.4) is 0 Å². The standard InChI is InChI=1S/C14H18O4/c1-4-12(14(16)18-5-2)13(15)10-7-6-8-11(9-10)17-3/h6-9,12H,4-5H2,1-3H3/t12-/m1/s1. The average molecular weight is 250 g/mol. The predicted octanol–water partition coefficient (Wildman–Crippen LogP) is 2.47. The van der Waals surface area contributed by atoms with Crippen molar-refractivity contribution in [2.45, 2.75) is 20.3 Å². The lowest BCUT2D eigenvalue weighted by Gasteiger charge is -2.12. The lowest BCUT2D eigenvalue weighted by atomic mass is 9.95. The van der Waals surface area contributed by atoms with E-state index < -0.39 is 11.9 Å². The van der Waals surface area contributed by atoms with Gasteiger partial charge in [-0.05, 0) is 25.5 Å². The zero-order valence-corrected chi connectivity index (χ0v) is 10.9. The fraction of sp³-hybridized carbons (Fsp3) is 0.429. The first-order chi connectivity index (χ1) is 8.63. The molecule has 0 saturated carbocycles. The van der Waals surface area contributed by atoms with Gasteiger partial charge in [0.15, 0.2) is 5.78 Å². The van der Waals surface area contributed by atoms with Gasteiger partial charge in [-0.15, -0.1) is 0 Å². The highest BCUT2D eigenvalue weighted by molar-refractivity contribution is 6.08. The van der Waals surface area contributed by atoms with Crippen molar-refractivity contribution in [2.75, 3.05) is 13.7 Å². The van der Waals surface area contributed by atoms with Crippen LogP contribution in [0.5, 0.6) is 5.75 Å². The minimum absolute atomic E-state index is 0.227. The lowest BCUT2D eigenvalue weighted by Crippen LogP contribution is -2.25. The number of ether oxygens (including phenoxy) is 2. The van der Waals surface area contributed by atoms with E-state index in [1.165, 1.54) is 7.11 Å². The molecule has 0 spiro atoms. The Bertz CT molecular complexity index is 426. The van der Waals surface area contributed by atoms with E-state index in [9.17, 15) is 9.59 Å². The second-order valence-electron chi connectivity index (χ2n) is 3.81. The number of hydrogen-bond donors (Lipinski definition) is 0. The summed E-state index contributed by atoms with van der Waals surface area (Å²) in [7, 11) is 1.53. The molecule has 0 aliphatic rings. The molecule has 4 nitrogen and oxygen atoms in total. The summed E-state index contributed by atoms with van der Waals surface area (Å²) in [5.41, 5.74) is 0.467. The Morgan fingerprint density at radius 2 is 2.00 bits per heavy atom. The zero-order chi connectivity index (χ0) is 13.5. The van der Waals surface area contributed by atoms with Gasteiger partial charge in [-0.25, -0.2) is 0 Å². The van der Waals surface area contributed by atoms with Crippen LogP contribution in [0.15, 0.2) is 24.3 Å². The fourth-order valence-electron chi connectivity index (χ4n) is 1.68. The summed E-state index contributed by atoms with van der Waals surface area (Å²) >= 11 is 0. The minimum Gasteiger partial charge on any atom is -0.497 e. The van der Waals surface area contributed by atoms with E-state index in [0.717, 1.165) is 0 Å². The molecule has 0 saturated heterocycles. The molecule has 0 aliphatic heterocycles. The van der Waals surface area contributed by atoms with E-state index in [1.54, 1.807) is 38.1 Å². The van der Waals surface area contributed by atoms with Crippen LogP contribution in [0.1, 0.15) is 30.6 Å². The highest BCUT2D eigenvalue weighted by Gasteiger charge is 2.27. The third-order valence-corrected chi connectivity index (χ3v) is 2.65. The Morgan fingerprint density at radius 1 is 1.28 bits per heavy atom. The lowest BCUT2D eigenvalue weighted by molar-refractivity contribution is -0.146. The second kappa shape index (κ2) is 6.79. The summed E-state index contributed by atoms with van der Waals surface area (Å²) in [6.45, 7) is 3.79. The van der Waals surface area contributed by atoms with Gasteiger partial charge in [-0.2, -0.15) is 0 Å². The molecule has 0 bridgehead atoms. The third-order valence-electron chi connectivity index (χ3n) is 2.65. The zero-order valence-electron chi connectivity index (χ0n) is 10.9. The van der Waals surface area contributed by atoms with Crippen LogP contribution >= 0.6 is 0 Å². The molecule has 1 aromatic carbocycles. The Labute approximate surface area is 107 Å². The van der Waals surface area contributed by atoms with Crippen molar-refractivity contribution in [3.05, 3.63) is 29.8 Å². The summed E-state index contributed by atoms with van der Waals surface area (Å²) in [6.07, 6.45) is 0.425. The summed E-state index contributed by atoms with van der Waals surface area (Å²) < 4.78 is 9.96. The van der Waals surface area contributed by atoms with E-state index >= 15 is 0 Å². The second-order valence-corrected chi connectivity index (χ2v) is 3.81. The average Bonchev–Trinajstić information content (AvgIpc) is 2.40. The maximum absolute atomic E-state index is 12.2. The molecule has 1 aromatic rings. The molecular formula is C14H18O4. The highest BCUT2D eigenvalue weighted by Crippen LogP contribution is 2.18. The van der Waals surface area contributed by atoms with E-state index in [1.807, 2.05) is 0 Å². The molecule has 0 aromatic heterocycles. The largest absolute Gasteiger partial charge is 0.497 e. The van der Waals surface area contributed by atoms with Crippen molar-refractivity contribution in [3.8, 4) is 5.75 Å². The Balaban J connectivity index is 2.92. The molecule has 0 heterocycles. The Hall–Kier alpha value is -1.84. The topological polar surface area (TPSA) is 52.6 Å². The summed E-state index contributed by atoms with van der Waals surface area (Å²) in [4.78, 5) is 23.9. The van der Waals surface area contributed by atoms with Crippen molar-refractivity contribution in [1.82, 2.24) is 0 Å². The van der Waals surface area contributed by atoms with E-state index in [4.69, 9.17) is 9.47 Å². The highest BCUT2D eigenvalue weighted by atomic mass is 16.5. The maximum atomic E-state index is 12.2. The smallest absolute Gasteiger partial charge is 0.316 e. The molecular weight excluding hydrogens is 232 g/mol. The summed E-state index contributed by atoms with van der Waals surface area (Å²) in [5, 5.41) is 0. The quantitative estimate of drug-likeness (QED) is 0.442. The minimum atomic E-state index is -0.739. The fourth-order valence-corrected chi connectivity index (χ4v) is 1.68. The van der Waals surface area contributed by atoms with E-state index in [2.05, 4.69) is 0 Å². The number of benzene rings is 1. The van der Waals surface area contributed by atoms with Gasteiger partial charge in [0.25, 0.3) is 0 Å². The van der Waals surface area contributed by atoms with E-state index in [-0.39, 0.29) is 12.4 Å². The molecule has 1 rings (SSSR count).